The fourth-order valence-corrected chi connectivity index (χ4v) is 4.12. The molecule has 1 aromatic carbocycles. The van der Waals surface area contributed by atoms with E-state index in [1.54, 1.807) is 38.3 Å². The van der Waals surface area contributed by atoms with Gasteiger partial charge in [-0.15, -0.1) is 0 Å². The van der Waals surface area contributed by atoms with Crippen molar-refractivity contribution in [1.29, 1.82) is 0 Å². The first kappa shape index (κ1) is 28.8. The molecule has 0 unspecified atom stereocenters. The second kappa shape index (κ2) is 14.2. The predicted octanol–water partition coefficient (Wildman–Crippen LogP) is 3.82. The molecule has 0 saturated heterocycles. The fourth-order valence-electron chi connectivity index (χ4n) is 3.06. The Kier molecular flexibility index (Phi) is 11.4. The molecule has 0 spiro atoms. The van der Waals surface area contributed by atoms with Crippen molar-refractivity contribution in [2.75, 3.05) is 31.4 Å². The summed E-state index contributed by atoms with van der Waals surface area (Å²) in [6.07, 6.45) is 6.18. The van der Waals surface area contributed by atoms with Gasteiger partial charge in [0.2, 0.25) is 21.8 Å². The smallest absolute Gasteiger partial charge is 0.257 e. The Bertz CT molecular complexity index is 1180. The number of carbonyl (C=O) groups is 2. The first-order valence-corrected chi connectivity index (χ1v) is 13.2. The van der Waals surface area contributed by atoms with Crippen LogP contribution in [-0.2, 0) is 24.3 Å². The van der Waals surface area contributed by atoms with Gasteiger partial charge >= 0.3 is 0 Å². The summed E-state index contributed by atoms with van der Waals surface area (Å²) in [5.41, 5.74) is 1.69. The van der Waals surface area contributed by atoms with Crippen LogP contribution in [0.25, 0.3) is 6.08 Å². The molecule has 36 heavy (non-hydrogen) atoms. The summed E-state index contributed by atoms with van der Waals surface area (Å²) in [5, 5.41) is 2.66. The molecule has 0 saturated carbocycles. The third kappa shape index (κ3) is 10.0. The number of rotatable bonds is 14. The molecule has 10 nitrogen and oxygen atoms in total. The maximum atomic E-state index is 12.3. The van der Waals surface area contributed by atoms with Gasteiger partial charge in [0.15, 0.2) is 0 Å². The first-order chi connectivity index (χ1) is 17.1. The topological polar surface area (TPSA) is 133 Å². The van der Waals surface area contributed by atoms with Crippen LogP contribution in [0.5, 0.6) is 17.4 Å². The summed E-state index contributed by atoms with van der Waals surface area (Å²) < 4.78 is 42.9. The second-order valence-corrected chi connectivity index (χ2v) is 9.84. The van der Waals surface area contributed by atoms with Gasteiger partial charge in [-0.3, -0.25) is 9.59 Å². The van der Waals surface area contributed by atoms with Crippen LogP contribution in [0.4, 0.5) is 5.69 Å². The highest BCUT2D eigenvalue weighted by Crippen LogP contribution is 2.32. The molecule has 2 amide bonds. The van der Waals surface area contributed by atoms with Crippen LogP contribution in [0.2, 0.25) is 0 Å². The Balaban J connectivity index is 2.25. The van der Waals surface area contributed by atoms with Crippen molar-refractivity contribution in [3.63, 3.8) is 0 Å². The molecule has 0 bridgehead atoms. The van der Waals surface area contributed by atoms with Crippen LogP contribution in [0.3, 0.4) is 0 Å². The molecule has 0 fully saturated rings. The van der Waals surface area contributed by atoms with Crippen molar-refractivity contribution in [1.82, 2.24) is 9.71 Å². The van der Waals surface area contributed by atoms with Gasteiger partial charge in [0.1, 0.15) is 18.1 Å². The Morgan fingerprint density at radius 2 is 1.92 bits per heavy atom. The van der Waals surface area contributed by atoms with Crippen LogP contribution in [-0.4, -0.2) is 51.3 Å². The highest BCUT2D eigenvalue weighted by atomic mass is 32.2. The molecular weight excluding hydrogens is 486 g/mol. The number of hydrogen-bond acceptors (Lipinski definition) is 8. The Hall–Kier alpha value is -3.44. The number of pyridine rings is 1. The van der Waals surface area contributed by atoms with Gasteiger partial charge in [0, 0.05) is 37.3 Å². The lowest BCUT2D eigenvalue weighted by atomic mass is 10.1. The average Bonchev–Trinajstić information content (AvgIpc) is 2.80. The minimum absolute atomic E-state index is 0.109. The maximum Gasteiger partial charge on any atom is 0.257 e. The summed E-state index contributed by atoms with van der Waals surface area (Å²) in [7, 11) is -2.14. The normalized spacial score (nSPS) is 11.3. The van der Waals surface area contributed by atoms with Gasteiger partial charge in [0.05, 0.1) is 24.2 Å². The van der Waals surface area contributed by atoms with E-state index >= 15 is 0 Å². The van der Waals surface area contributed by atoms with E-state index in [9.17, 15) is 18.0 Å². The predicted molar refractivity (Wildman–Crippen MR) is 138 cm³/mol. The summed E-state index contributed by atoms with van der Waals surface area (Å²) in [6, 6.07) is 6.73. The lowest BCUT2D eigenvalue weighted by Crippen LogP contribution is -2.31. The average molecular weight is 520 g/mol. The zero-order valence-corrected chi connectivity index (χ0v) is 21.8. The number of hydrogen-bond donors (Lipinski definition) is 2. The molecule has 1 aromatic heterocycles. The largest absolute Gasteiger partial charge is 0.491 e. The van der Waals surface area contributed by atoms with E-state index in [1.165, 1.54) is 19.2 Å². The highest BCUT2D eigenvalue weighted by Gasteiger charge is 2.14. The van der Waals surface area contributed by atoms with Gasteiger partial charge < -0.3 is 19.5 Å². The van der Waals surface area contributed by atoms with Crippen LogP contribution >= 0.6 is 0 Å². The van der Waals surface area contributed by atoms with E-state index in [0.29, 0.717) is 47.9 Å². The monoisotopic (exact) mass is 519 g/mol. The number of methoxy groups -OCH3 is 1. The van der Waals surface area contributed by atoms with Gasteiger partial charge in [-0.2, -0.15) is 0 Å². The third-order valence-corrected chi connectivity index (χ3v) is 6.12. The van der Waals surface area contributed by atoms with E-state index in [-0.39, 0.29) is 17.5 Å². The highest BCUT2D eigenvalue weighted by molar-refractivity contribution is 7.90. The number of ether oxygens (including phenoxy) is 3. The van der Waals surface area contributed by atoms with Crippen LogP contribution < -0.4 is 19.5 Å². The van der Waals surface area contributed by atoms with Crippen molar-refractivity contribution >= 4 is 33.6 Å². The molecule has 0 atom stereocenters. The van der Waals surface area contributed by atoms with Crippen LogP contribution in [0.15, 0.2) is 36.5 Å². The van der Waals surface area contributed by atoms with E-state index in [0.717, 1.165) is 18.9 Å². The molecule has 0 aliphatic rings. The van der Waals surface area contributed by atoms with Crippen LogP contribution in [0.1, 0.15) is 44.2 Å². The summed E-state index contributed by atoms with van der Waals surface area (Å²) in [5.74, 6) is 0.0469. The van der Waals surface area contributed by atoms with Gasteiger partial charge in [-0.1, -0.05) is 19.8 Å². The summed E-state index contributed by atoms with van der Waals surface area (Å²) >= 11 is 0. The zero-order valence-electron chi connectivity index (χ0n) is 21.0. The van der Waals surface area contributed by atoms with Crippen molar-refractivity contribution in [2.24, 2.45) is 0 Å². The summed E-state index contributed by atoms with van der Waals surface area (Å²) in [6.45, 7) is 5.87. The molecule has 1 heterocycles. The van der Waals surface area contributed by atoms with E-state index in [1.807, 2.05) is 6.92 Å². The molecule has 0 aliphatic carbocycles. The Labute approximate surface area is 212 Å². The molecule has 2 aromatic rings. The number of anilines is 1. The van der Waals surface area contributed by atoms with Gasteiger partial charge in [0.25, 0.3) is 5.91 Å². The zero-order chi connectivity index (χ0) is 26.6. The number of unbranched alkanes of at least 4 members (excludes halogenated alkanes) is 2. The van der Waals surface area contributed by atoms with E-state index in [2.05, 4.69) is 15.0 Å². The Morgan fingerprint density at radius 3 is 2.58 bits per heavy atom. The van der Waals surface area contributed by atoms with E-state index in [4.69, 9.17) is 14.2 Å². The van der Waals surface area contributed by atoms with Crippen LogP contribution in [0, 0.1) is 6.92 Å². The molecule has 2 N–H and O–H groups in total. The maximum absolute atomic E-state index is 12.3. The quantitative estimate of drug-likeness (QED) is 0.284. The lowest BCUT2D eigenvalue weighted by Gasteiger charge is -2.13. The lowest BCUT2D eigenvalue weighted by molar-refractivity contribution is -0.115. The number of benzene rings is 1. The number of nitrogens with one attached hydrogen (secondary N) is 2. The van der Waals surface area contributed by atoms with Gasteiger partial charge in [-0.25, -0.2) is 18.1 Å². The SMILES string of the molecule is CCCCCS(=O)(=O)NC(=O)/C=C/c1ccc(OCCOC)cc1Oc1ncc(NC(C)=O)cc1C. The number of aryl methyl sites for hydroxylation is 1. The Morgan fingerprint density at radius 1 is 1.14 bits per heavy atom. The second-order valence-electron chi connectivity index (χ2n) is 8.00. The van der Waals surface area contributed by atoms with Gasteiger partial charge in [-0.05, 0) is 37.6 Å². The number of aromatic nitrogens is 1. The molecule has 196 valence electrons. The third-order valence-electron chi connectivity index (χ3n) is 4.79. The number of amides is 2. The molecular formula is C25H33N3O7S. The van der Waals surface area contributed by atoms with E-state index < -0.39 is 15.9 Å². The first-order valence-electron chi connectivity index (χ1n) is 11.5. The van der Waals surface area contributed by atoms with Crippen molar-refractivity contribution in [3.8, 4) is 17.4 Å². The molecule has 11 heteroatoms. The minimum Gasteiger partial charge on any atom is -0.491 e. The summed E-state index contributed by atoms with van der Waals surface area (Å²) in [4.78, 5) is 27.8. The fraction of sp³-hybridized carbons (Fsp3) is 0.400. The number of nitrogens with zero attached hydrogens (tertiary/aromatic N) is 1. The van der Waals surface area contributed by atoms with Crippen molar-refractivity contribution in [3.05, 3.63) is 47.7 Å². The number of carbonyl (C=O) groups excluding carboxylic acids is 2. The van der Waals surface area contributed by atoms with Crippen molar-refractivity contribution in [2.45, 2.75) is 40.0 Å². The number of sulfonamides is 1. The molecule has 0 radical (unpaired) electrons. The van der Waals surface area contributed by atoms with Crippen molar-refractivity contribution < 1.29 is 32.2 Å². The molecule has 0 aliphatic heterocycles. The minimum atomic E-state index is -3.71. The standard InChI is InChI=1S/C25H33N3O7S/c1-5-6-7-14-36(31,32)28-24(30)11-9-20-8-10-22(34-13-12-33-4)16-23(20)35-25-18(2)15-21(17-26-25)27-19(3)29/h8-11,15-17H,5-7,12-14H2,1-4H3,(H,27,29)(H,28,30)/b11-9+. The molecule has 2 rings (SSSR count).